The van der Waals surface area contributed by atoms with Crippen molar-refractivity contribution in [1.82, 2.24) is 19.7 Å². The van der Waals surface area contributed by atoms with E-state index in [9.17, 15) is 4.79 Å². The number of carbonyl (C=O) groups is 1. The summed E-state index contributed by atoms with van der Waals surface area (Å²) in [6.45, 7) is 2.04. The Balaban J connectivity index is 1.64. The van der Waals surface area contributed by atoms with Crippen molar-refractivity contribution in [3.05, 3.63) is 52.6 Å². The standard InChI is InChI=1S/C17H16BrN5OS/c1-11-4-3-5-12(8-11)16-21-22-17(23(16)2)25-10-15(24)20-14-7-6-13(18)9-19-14/h3-9H,10H2,1-2H3,(H,19,20,24). The van der Waals surface area contributed by atoms with Gasteiger partial charge in [-0.25, -0.2) is 4.98 Å². The summed E-state index contributed by atoms with van der Waals surface area (Å²) in [6, 6.07) is 11.7. The van der Waals surface area contributed by atoms with Crippen LogP contribution in [0.15, 0.2) is 52.2 Å². The number of nitrogens with zero attached hydrogens (tertiary/aromatic N) is 4. The van der Waals surface area contributed by atoms with Crippen LogP contribution in [0.4, 0.5) is 5.82 Å². The number of pyridine rings is 1. The zero-order valence-corrected chi connectivity index (χ0v) is 16.1. The molecule has 0 aliphatic rings. The Morgan fingerprint density at radius 1 is 1.28 bits per heavy atom. The van der Waals surface area contributed by atoms with E-state index in [-0.39, 0.29) is 11.7 Å². The molecule has 1 aromatic carbocycles. The number of hydrogen-bond donors (Lipinski definition) is 1. The fraction of sp³-hybridized carbons (Fsp3) is 0.176. The third-order valence-electron chi connectivity index (χ3n) is 3.44. The van der Waals surface area contributed by atoms with Crippen LogP contribution in [0.25, 0.3) is 11.4 Å². The molecule has 8 heteroatoms. The number of benzene rings is 1. The van der Waals surface area contributed by atoms with Gasteiger partial charge in [-0.2, -0.15) is 0 Å². The topological polar surface area (TPSA) is 72.7 Å². The zero-order valence-electron chi connectivity index (χ0n) is 13.7. The fourth-order valence-corrected chi connectivity index (χ4v) is 3.18. The van der Waals surface area contributed by atoms with Gasteiger partial charge in [0, 0.05) is 23.3 Å². The van der Waals surface area contributed by atoms with Crippen LogP contribution in [-0.4, -0.2) is 31.4 Å². The average Bonchev–Trinajstić information content (AvgIpc) is 2.96. The van der Waals surface area contributed by atoms with Crippen molar-refractivity contribution in [2.24, 2.45) is 7.05 Å². The van der Waals surface area contributed by atoms with Crippen molar-refractivity contribution in [2.45, 2.75) is 12.1 Å². The summed E-state index contributed by atoms with van der Waals surface area (Å²) >= 11 is 4.65. The summed E-state index contributed by atoms with van der Waals surface area (Å²) in [5.41, 5.74) is 2.17. The molecule has 0 saturated heterocycles. The largest absolute Gasteiger partial charge is 0.310 e. The highest BCUT2D eigenvalue weighted by Gasteiger charge is 2.13. The summed E-state index contributed by atoms with van der Waals surface area (Å²) in [6.07, 6.45) is 1.64. The predicted octanol–water partition coefficient (Wildman–Crippen LogP) is 3.68. The van der Waals surface area contributed by atoms with Crippen LogP contribution in [0.5, 0.6) is 0 Å². The van der Waals surface area contributed by atoms with E-state index in [0.29, 0.717) is 11.0 Å². The normalized spacial score (nSPS) is 10.7. The Kier molecular flexibility index (Phi) is 5.50. The number of nitrogens with one attached hydrogen (secondary N) is 1. The molecular formula is C17H16BrN5OS. The van der Waals surface area contributed by atoms with E-state index in [2.05, 4.69) is 42.5 Å². The maximum Gasteiger partial charge on any atom is 0.236 e. The lowest BCUT2D eigenvalue weighted by Crippen LogP contribution is -2.15. The molecule has 0 bridgehead atoms. The van der Waals surface area contributed by atoms with Crippen LogP contribution in [0.1, 0.15) is 5.56 Å². The van der Waals surface area contributed by atoms with Crippen molar-refractivity contribution in [3.8, 4) is 11.4 Å². The molecule has 128 valence electrons. The molecule has 3 aromatic rings. The first-order valence-corrected chi connectivity index (χ1v) is 9.31. The molecule has 2 aromatic heterocycles. The van der Waals surface area contributed by atoms with E-state index >= 15 is 0 Å². The minimum atomic E-state index is -0.139. The molecule has 2 heterocycles. The van der Waals surface area contributed by atoms with Crippen molar-refractivity contribution < 1.29 is 4.79 Å². The van der Waals surface area contributed by atoms with Crippen LogP contribution in [0, 0.1) is 6.92 Å². The van der Waals surface area contributed by atoms with Gasteiger partial charge in [-0.15, -0.1) is 10.2 Å². The monoisotopic (exact) mass is 417 g/mol. The van der Waals surface area contributed by atoms with E-state index in [1.165, 1.54) is 11.8 Å². The Labute approximate surface area is 158 Å². The van der Waals surface area contributed by atoms with Crippen LogP contribution in [-0.2, 0) is 11.8 Å². The van der Waals surface area contributed by atoms with Crippen LogP contribution < -0.4 is 5.32 Å². The highest BCUT2D eigenvalue weighted by molar-refractivity contribution is 9.10. The smallest absolute Gasteiger partial charge is 0.236 e. The lowest BCUT2D eigenvalue weighted by atomic mass is 10.1. The van der Waals surface area contributed by atoms with Gasteiger partial charge in [-0.1, -0.05) is 35.5 Å². The van der Waals surface area contributed by atoms with Crippen molar-refractivity contribution in [3.63, 3.8) is 0 Å². The molecule has 0 radical (unpaired) electrons. The van der Waals surface area contributed by atoms with Gasteiger partial charge in [0.05, 0.1) is 5.75 Å². The summed E-state index contributed by atoms with van der Waals surface area (Å²) < 4.78 is 2.76. The lowest BCUT2D eigenvalue weighted by molar-refractivity contribution is -0.113. The first kappa shape index (κ1) is 17.6. The second-order valence-electron chi connectivity index (χ2n) is 5.43. The summed E-state index contributed by atoms with van der Waals surface area (Å²) in [5, 5.41) is 11.9. The molecule has 6 nitrogen and oxygen atoms in total. The number of hydrogen-bond acceptors (Lipinski definition) is 5. The van der Waals surface area contributed by atoms with E-state index in [0.717, 1.165) is 21.4 Å². The number of rotatable bonds is 5. The van der Waals surface area contributed by atoms with E-state index in [4.69, 9.17) is 0 Å². The summed E-state index contributed by atoms with van der Waals surface area (Å²) in [4.78, 5) is 16.2. The average molecular weight is 418 g/mol. The van der Waals surface area contributed by atoms with E-state index in [1.807, 2.05) is 42.8 Å². The van der Waals surface area contributed by atoms with Gasteiger partial charge in [0.25, 0.3) is 0 Å². The number of halogens is 1. The molecular weight excluding hydrogens is 402 g/mol. The first-order valence-electron chi connectivity index (χ1n) is 7.53. The maximum atomic E-state index is 12.1. The summed E-state index contributed by atoms with van der Waals surface area (Å²) in [7, 11) is 1.90. The number of carbonyl (C=O) groups excluding carboxylic acids is 1. The zero-order chi connectivity index (χ0) is 17.8. The Bertz CT molecular complexity index is 894. The van der Waals surface area contributed by atoms with Gasteiger partial charge in [-0.05, 0) is 41.1 Å². The summed E-state index contributed by atoms with van der Waals surface area (Å²) in [5.74, 6) is 1.39. The van der Waals surface area contributed by atoms with Gasteiger partial charge in [0.1, 0.15) is 5.82 Å². The van der Waals surface area contributed by atoms with Gasteiger partial charge >= 0.3 is 0 Å². The van der Waals surface area contributed by atoms with Crippen LogP contribution >= 0.6 is 27.7 Å². The molecule has 1 N–H and O–H groups in total. The lowest BCUT2D eigenvalue weighted by Gasteiger charge is -2.05. The molecule has 1 amide bonds. The van der Waals surface area contributed by atoms with Crippen LogP contribution in [0.3, 0.4) is 0 Å². The third kappa shape index (κ3) is 4.46. The molecule has 3 rings (SSSR count). The Morgan fingerprint density at radius 3 is 2.84 bits per heavy atom. The molecule has 0 spiro atoms. The predicted molar refractivity (Wildman–Crippen MR) is 102 cm³/mol. The minimum absolute atomic E-state index is 0.139. The number of thioether (sulfide) groups is 1. The second-order valence-corrected chi connectivity index (χ2v) is 7.29. The number of aromatic nitrogens is 4. The number of amides is 1. The molecule has 0 aliphatic heterocycles. The first-order chi connectivity index (χ1) is 12.0. The van der Waals surface area contributed by atoms with Gasteiger partial charge < -0.3 is 9.88 Å². The molecule has 25 heavy (non-hydrogen) atoms. The van der Waals surface area contributed by atoms with Crippen LogP contribution in [0.2, 0.25) is 0 Å². The molecule has 0 aliphatic carbocycles. The molecule has 0 atom stereocenters. The molecule has 0 saturated carbocycles. The van der Waals surface area contributed by atoms with Crippen molar-refractivity contribution in [1.29, 1.82) is 0 Å². The quantitative estimate of drug-likeness (QED) is 0.640. The van der Waals surface area contributed by atoms with Gasteiger partial charge in [0.15, 0.2) is 11.0 Å². The van der Waals surface area contributed by atoms with Crippen molar-refractivity contribution >= 4 is 39.4 Å². The highest BCUT2D eigenvalue weighted by atomic mass is 79.9. The van der Waals surface area contributed by atoms with E-state index in [1.54, 1.807) is 12.3 Å². The molecule has 0 unspecified atom stereocenters. The Hall–Kier alpha value is -2.19. The van der Waals surface area contributed by atoms with Gasteiger partial charge in [0.2, 0.25) is 5.91 Å². The minimum Gasteiger partial charge on any atom is -0.310 e. The molecule has 0 fully saturated rings. The third-order valence-corrected chi connectivity index (χ3v) is 4.93. The van der Waals surface area contributed by atoms with Gasteiger partial charge in [-0.3, -0.25) is 4.79 Å². The number of aryl methyl sites for hydroxylation is 1. The second kappa shape index (κ2) is 7.79. The fourth-order valence-electron chi connectivity index (χ4n) is 2.23. The van der Waals surface area contributed by atoms with E-state index < -0.39 is 0 Å². The SMILES string of the molecule is Cc1cccc(-c2nnc(SCC(=O)Nc3ccc(Br)cn3)n2C)c1. The number of anilines is 1. The Morgan fingerprint density at radius 2 is 2.12 bits per heavy atom. The highest BCUT2D eigenvalue weighted by Crippen LogP contribution is 2.23. The van der Waals surface area contributed by atoms with Crippen molar-refractivity contribution in [2.75, 3.05) is 11.1 Å². The maximum absolute atomic E-state index is 12.1.